The van der Waals surface area contributed by atoms with Gasteiger partial charge in [0.05, 0.1) is 11.6 Å². The summed E-state index contributed by atoms with van der Waals surface area (Å²) in [6, 6.07) is 9.56. The van der Waals surface area contributed by atoms with Gasteiger partial charge >= 0.3 is 0 Å². The molecule has 3 heteroatoms. The fraction of sp³-hybridized carbons (Fsp3) is 0.364. The highest BCUT2D eigenvalue weighted by Gasteiger charge is 1.91. The number of nitrogens with one attached hydrogen (secondary N) is 2. The van der Waals surface area contributed by atoms with E-state index in [0.29, 0.717) is 5.56 Å². The van der Waals surface area contributed by atoms with E-state index in [4.69, 9.17) is 5.26 Å². The molecule has 0 saturated heterocycles. The Balaban J connectivity index is 2.33. The number of benzene rings is 1. The largest absolute Gasteiger partial charge is 0.384 e. The van der Waals surface area contributed by atoms with Gasteiger partial charge in [-0.2, -0.15) is 5.26 Å². The maximum absolute atomic E-state index is 8.59. The Kier molecular flexibility index (Phi) is 4.53. The predicted octanol–water partition coefficient (Wildman–Crippen LogP) is 1.58. The van der Waals surface area contributed by atoms with Crippen LogP contribution >= 0.6 is 0 Å². The van der Waals surface area contributed by atoms with Crippen LogP contribution < -0.4 is 10.6 Å². The molecule has 0 saturated carbocycles. The second kappa shape index (κ2) is 6.01. The maximum Gasteiger partial charge on any atom is 0.0991 e. The molecule has 0 radical (unpaired) electrons. The number of rotatable bonds is 5. The summed E-state index contributed by atoms with van der Waals surface area (Å²) >= 11 is 0. The number of hydrogen-bond acceptors (Lipinski definition) is 3. The van der Waals surface area contributed by atoms with E-state index in [1.165, 1.54) is 0 Å². The van der Waals surface area contributed by atoms with E-state index in [-0.39, 0.29) is 0 Å². The van der Waals surface area contributed by atoms with Gasteiger partial charge in [-0.05, 0) is 30.8 Å². The SMILES string of the molecule is CCNCCNc1ccc(C#N)cc1. The molecule has 1 rings (SSSR count). The molecule has 1 aromatic rings. The topological polar surface area (TPSA) is 47.8 Å². The molecule has 0 aromatic heterocycles. The number of likely N-dealkylation sites (N-methyl/N-ethyl adjacent to an activating group) is 1. The molecule has 74 valence electrons. The quantitative estimate of drug-likeness (QED) is 0.691. The smallest absolute Gasteiger partial charge is 0.0991 e. The van der Waals surface area contributed by atoms with Crippen molar-refractivity contribution in [1.29, 1.82) is 5.26 Å². The lowest BCUT2D eigenvalue weighted by Crippen LogP contribution is -2.21. The van der Waals surface area contributed by atoms with Gasteiger partial charge in [-0.1, -0.05) is 6.92 Å². The Bertz CT molecular complexity index is 297. The van der Waals surface area contributed by atoms with Crippen molar-refractivity contribution in [2.24, 2.45) is 0 Å². The zero-order valence-electron chi connectivity index (χ0n) is 8.38. The summed E-state index contributed by atoms with van der Waals surface area (Å²) < 4.78 is 0. The average Bonchev–Trinajstić information content (AvgIpc) is 2.25. The van der Waals surface area contributed by atoms with Crippen LogP contribution in [0.15, 0.2) is 24.3 Å². The number of anilines is 1. The summed E-state index contributed by atoms with van der Waals surface area (Å²) in [5.41, 5.74) is 1.75. The van der Waals surface area contributed by atoms with E-state index in [1.54, 1.807) is 0 Å². The van der Waals surface area contributed by atoms with Crippen molar-refractivity contribution < 1.29 is 0 Å². The van der Waals surface area contributed by atoms with Crippen molar-refractivity contribution >= 4 is 5.69 Å². The normalized spacial score (nSPS) is 9.43. The van der Waals surface area contributed by atoms with Gasteiger partial charge in [0, 0.05) is 18.8 Å². The Morgan fingerprint density at radius 3 is 2.50 bits per heavy atom. The van der Waals surface area contributed by atoms with Crippen LogP contribution in [-0.2, 0) is 0 Å². The average molecular weight is 189 g/mol. The van der Waals surface area contributed by atoms with Gasteiger partial charge in [0.2, 0.25) is 0 Å². The predicted molar refractivity (Wildman–Crippen MR) is 58.2 cm³/mol. The summed E-state index contributed by atoms with van der Waals surface area (Å²) in [4.78, 5) is 0. The van der Waals surface area contributed by atoms with Crippen molar-refractivity contribution in [3.63, 3.8) is 0 Å². The Hall–Kier alpha value is -1.53. The van der Waals surface area contributed by atoms with Crippen molar-refractivity contribution in [2.45, 2.75) is 6.92 Å². The molecule has 2 N–H and O–H groups in total. The first-order valence-electron chi connectivity index (χ1n) is 4.81. The molecule has 0 aliphatic carbocycles. The van der Waals surface area contributed by atoms with Crippen LogP contribution in [0.2, 0.25) is 0 Å². The van der Waals surface area contributed by atoms with E-state index >= 15 is 0 Å². The highest BCUT2D eigenvalue weighted by Crippen LogP contribution is 2.07. The lowest BCUT2D eigenvalue weighted by molar-refractivity contribution is 0.739. The molecule has 0 aliphatic rings. The molecule has 0 spiro atoms. The van der Waals surface area contributed by atoms with Crippen LogP contribution in [0.25, 0.3) is 0 Å². The first-order chi connectivity index (χ1) is 6.86. The van der Waals surface area contributed by atoms with E-state index in [2.05, 4.69) is 23.6 Å². The third-order valence-corrected chi connectivity index (χ3v) is 1.89. The van der Waals surface area contributed by atoms with Crippen LogP contribution in [0.3, 0.4) is 0 Å². The zero-order valence-corrected chi connectivity index (χ0v) is 8.38. The lowest BCUT2D eigenvalue weighted by Gasteiger charge is -2.06. The van der Waals surface area contributed by atoms with Crippen LogP contribution in [0, 0.1) is 11.3 Å². The highest BCUT2D eigenvalue weighted by atomic mass is 14.9. The third-order valence-electron chi connectivity index (χ3n) is 1.89. The minimum atomic E-state index is 0.697. The molecule has 1 aromatic carbocycles. The van der Waals surface area contributed by atoms with Gasteiger partial charge in [0.15, 0.2) is 0 Å². The van der Waals surface area contributed by atoms with E-state index in [9.17, 15) is 0 Å². The Morgan fingerprint density at radius 2 is 1.93 bits per heavy atom. The molecule has 0 fully saturated rings. The summed E-state index contributed by atoms with van der Waals surface area (Å²) in [5, 5.41) is 15.1. The fourth-order valence-corrected chi connectivity index (χ4v) is 1.13. The molecule has 3 nitrogen and oxygen atoms in total. The van der Waals surface area contributed by atoms with Crippen LogP contribution in [0.4, 0.5) is 5.69 Å². The molecule has 0 aliphatic heterocycles. The molecule has 0 unspecified atom stereocenters. The van der Waals surface area contributed by atoms with E-state index in [0.717, 1.165) is 25.3 Å². The van der Waals surface area contributed by atoms with Gasteiger partial charge in [0.1, 0.15) is 0 Å². The lowest BCUT2D eigenvalue weighted by atomic mass is 10.2. The molecular weight excluding hydrogens is 174 g/mol. The summed E-state index contributed by atoms with van der Waals surface area (Å²) in [5.74, 6) is 0. The van der Waals surface area contributed by atoms with Gasteiger partial charge in [-0.15, -0.1) is 0 Å². The molecular formula is C11H15N3. The third kappa shape index (κ3) is 3.46. The van der Waals surface area contributed by atoms with Crippen LogP contribution in [0.5, 0.6) is 0 Å². The Morgan fingerprint density at radius 1 is 1.21 bits per heavy atom. The number of nitriles is 1. The van der Waals surface area contributed by atoms with Gasteiger partial charge in [-0.25, -0.2) is 0 Å². The van der Waals surface area contributed by atoms with E-state index < -0.39 is 0 Å². The van der Waals surface area contributed by atoms with Crippen molar-refractivity contribution in [3.05, 3.63) is 29.8 Å². The van der Waals surface area contributed by atoms with Crippen molar-refractivity contribution in [1.82, 2.24) is 5.32 Å². The molecule has 0 amide bonds. The second-order valence-electron chi connectivity index (χ2n) is 2.97. The summed E-state index contributed by atoms with van der Waals surface area (Å²) in [6.45, 7) is 4.94. The van der Waals surface area contributed by atoms with Gasteiger partial charge in [-0.3, -0.25) is 0 Å². The molecule has 0 atom stereocenters. The zero-order chi connectivity index (χ0) is 10.2. The number of hydrogen-bond donors (Lipinski definition) is 2. The minimum Gasteiger partial charge on any atom is -0.384 e. The monoisotopic (exact) mass is 189 g/mol. The fourth-order valence-electron chi connectivity index (χ4n) is 1.13. The second-order valence-corrected chi connectivity index (χ2v) is 2.97. The Labute approximate surface area is 84.7 Å². The van der Waals surface area contributed by atoms with Crippen molar-refractivity contribution in [3.8, 4) is 6.07 Å². The maximum atomic E-state index is 8.59. The first kappa shape index (κ1) is 10.6. The minimum absolute atomic E-state index is 0.697. The van der Waals surface area contributed by atoms with E-state index in [1.807, 2.05) is 24.3 Å². The molecule has 14 heavy (non-hydrogen) atoms. The van der Waals surface area contributed by atoms with Crippen LogP contribution in [0.1, 0.15) is 12.5 Å². The van der Waals surface area contributed by atoms with Crippen molar-refractivity contribution in [2.75, 3.05) is 25.0 Å². The summed E-state index contributed by atoms with van der Waals surface area (Å²) in [7, 11) is 0. The highest BCUT2D eigenvalue weighted by molar-refractivity contribution is 5.47. The van der Waals surface area contributed by atoms with Gasteiger partial charge < -0.3 is 10.6 Å². The standard InChI is InChI=1S/C11H15N3/c1-2-13-7-8-14-11-5-3-10(9-12)4-6-11/h3-6,13-14H,2,7-8H2,1H3. The van der Waals surface area contributed by atoms with Crippen LogP contribution in [-0.4, -0.2) is 19.6 Å². The summed E-state index contributed by atoms with van der Waals surface area (Å²) in [6.07, 6.45) is 0. The molecule has 0 heterocycles. The molecule has 0 bridgehead atoms. The number of nitrogens with zero attached hydrogens (tertiary/aromatic N) is 1. The first-order valence-corrected chi connectivity index (χ1v) is 4.81. The van der Waals surface area contributed by atoms with Gasteiger partial charge in [0.25, 0.3) is 0 Å².